The summed E-state index contributed by atoms with van der Waals surface area (Å²) in [7, 11) is 0. The van der Waals surface area contributed by atoms with Gasteiger partial charge in [-0.1, -0.05) is 13.8 Å². The minimum atomic E-state index is -0.983. The standard InChI is InChI=1S/C13H26N2O5/c1-8(2)5-11(12(18)14-9(3)4)15-13(19)20-10(6-16)7-17/h8-11,16-17H,5-7H2,1-4H3,(H,14,18)(H,15,19). The highest BCUT2D eigenvalue weighted by molar-refractivity contribution is 5.85. The molecule has 7 heteroatoms. The van der Waals surface area contributed by atoms with Crippen molar-refractivity contribution in [1.29, 1.82) is 0 Å². The minimum absolute atomic E-state index is 0.0300. The van der Waals surface area contributed by atoms with E-state index >= 15 is 0 Å². The molecule has 7 nitrogen and oxygen atoms in total. The maximum atomic E-state index is 12.0. The first-order valence-electron chi connectivity index (χ1n) is 6.79. The molecule has 2 amide bonds. The van der Waals surface area contributed by atoms with Gasteiger partial charge in [0.05, 0.1) is 13.2 Å². The molecule has 0 aliphatic carbocycles. The smallest absolute Gasteiger partial charge is 0.408 e. The van der Waals surface area contributed by atoms with Crippen LogP contribution in [0.15, 0.2) is 0 Å². The number of nitrogens with one attached hydrogen (secondary N) is 2. The molecule has 0 radical (unpaired) electrons. The Labute approximate surface area is 119 Å². The molecular formula is C13H26N2O5. The SMILES string of the molecule is CC(C)CC(NC(=O)OC(CO)CO)C(=O)NC(C)C. The van der Waals surface area contributed by atoms with Gasteiger partial charge in [0.1, 0.15) is 12.1 Å². The van der Waals surface area contributed by atoms with Crippen LogP contribution in [0.4, 0.5) is 4.79 Å². The highest BCUT2D eigenvalue weighted by atomic mass is 16.6. The second-order valence-electron chi connectivity index (χ2n) is 5.38. The summed E-state index contributed by atoms with van der Waals surface area (Å²) in [5.74, 6) is -0.0695. The van der Waals surface area contributed by atoms with E-state index < -0.39 is 31.5 Å². The van der Waals surface area contributed by atoms with Gasteiger partial charge >= 0.3 is 6.09 Å². The molecule has 0 saturated heterocycles. The van der Waals surface area contributed by atoms with Crippen molar-refractivity contribution in [3.63, 3.8) is 0 Å². The zero-order chi connectivity index (χ0) is 15.7. The summed E-state index contributed by atoms with van der Waals surface area (Å²) < 4.78 is 4.79. The van der Waals surface area contributed by atoms with Crippen LogP contribution in [-0.4, -0.2) is 53.6 Å². The van der Waals surface area contributed by atoms with Crippen molar-refractivity contribution in [2.24, 2.45) is 5.92 Å². The van der Waals surface area contributed by atoms with Gasteiger partial charge in [-0.05, 0) is 26.2 Å². The van der Waals surface area contributed by atoms with Gasteiger partial charge in [-0.25, -0.2) is 4.79 Å². The Kier molecular flexibility index (Phi) is 8.91. The van der Waals surface area contributed by atoms with Crippen LogP contribution >= 0.6 is 0 Å². The Balaban J connectivity index is 4.55. The van der Waals surface area contributed by atoms with Crippen molar-refractivity contribution in [1.82, 2.24) is 10.6 Å². The number of aliphatic hydroxyl groups excluding tert-OH is 2. The normalized spacial score (nSPS) is 12.7. The second kappa shape index (κ2) is 9.55. The molecule has 1 unspecified atom stereocenters. The number of alkyl carbamates (subject to hydrolysis) is 1. The molecule has 0 spiro atoms. The highest BCUT2D eigenvalue weighted by Gasteiger charge is 2.24. The van der Waals surface area contributed by atoms with Crippen LogP contribution in [0.2, 0.25) is 0 Å². The first kappa shape index (κ1) is 18.7. The fourth-order valence-electron chi connectivity index (χ4n) is 1.55. The lowest BCUT2D eigenvalue weighted by Gasteiger charge is -2.22. The van der Waals surface area contributed by atoms with E-state index in [4.69, 9.17) is 14.9 Å². The van der Waals surface area contributed by atoms with Crippen molar-refractivity contribution in [3.8, 4) is 0 Å². The van der Waals surface area contributed by atoms with E-state index in [0.29, 0.717) is 6.42 Å². The summed E-state index contributed by atoms with van der Waals surface area (Å²) in [5.41, 5.74) is 0. The van der Waals surface area contributed by atoms with E-state index in [0.717, 1.165) is 0 Å². The number of hydrogen-bond acceptors (Lipinski definition) is 5. The van der Waals surface area contributed by atoms with E-state index in [1.807, 2.05) is 27.7 Å². The Bertz CT molecular complexity index is 303. The maximum Gasteiger partial charge on any atom is 0.408 e. The Morgan fingerprint density at radius 1 is 1.05 bits per heavy atom. The summed E-state index contributed by atoms with van der Waals surface area (Å²) in [4.78, 5) is 23.6. The number of carbonyl (C=O) groups excluding carboxylic acids is 2. The lowest BCUT2D eigenvalue weighted by atomic mass is 10.0. The van der Waals surface area contributed by atoms with Gasteiger partial charge in [0, 0.05) is 6.04 Å². The van der Waals surface area contributed by atoms with Gasteiger partial charge in [0.25, 0.3) is 0 Å². The molecule has 0 fully saturated rings. The summed E-state index contributed by atoms with van der Waals surface area (Å²) in [5, 5.41) is 22.9. The first-order valence-corrected chi connectivity index (χ1v) is 6.79. The van der Waals surface area contributed by atoms with Gasteiger partial charge in [0.15, 0.2) is 0 Å². The largest absolute Gasteiger partial charge is 0.441 e. The molecule has 0 saturated carbocycles. The maximum absolute atomic E-state index is 12.0. The van der Waals surface area contributed by atoms with Crippen LogP contribution < -0.4 is 10.6 Å². The lowest BCUT2D eigenvalue weighted by Crippen LogP contribution is -2.50. The number of amides is 2. The van der Waals surface area contributed by atoms with Gasteiger partial charge in [-0.2, -0.15) is 0 Å². The minimum Gasteiger partial charge on any atom is -0.441 e. The van der Waals surface area contributed by atoms with Gasteiger partial charge in [-0.15, -0.1) is 0 Å². The molecule has 0 bridgehead atoms. The Morgan fingerprint density at radius 2 is 1.60 bits per heavy atom. The van der Waals surface area contributed by atoms with Crippen molar-refractivity contribution in [2.45, 2.75) is 52.3 Å². The molecule has 118 valence electrons. The molecule has 4 N–H and O–H groups in total. The van der Waals surface area contributed by atoms with Crippen LogP contribution in [0.25, 0.3) is 0 Å². The van der Waals surface area contributed by atoms with Gasteiger partial charge < -0.3 is 25.6 Å². The van der Waals surface area contributed by atoms with E-state index in [1.54, 1.807) is 0 Å². The fraction of sp³-hybridized carbons (Fsp3) is 0.846. The monoisotopic (exact) mass is 290 g/mol. The van der Waals surface area contributed by atoms with Crippen LogP contribution in [0.1, 0.15) is 34.1 Å². The van der Waals surface area contributed by atoms with E-state index in [2.05, 4.69) is 10.6 Å². The average molecular weight is 290 g/mol. The third-order valence-electron chi connectivity index (χ3n) is 2.43. The number of ether oxygens (including phenoxy) is 1. The number of aliphatic hydroxyl groups is 2. The van der Waals surface area contributed by atoms with Crippen molar-refractivity contribution in [3.05, 3.63) is 0 Å². The lowest BCUT2D eigenvalue weighted by molar-refractivity contribution is -0.124. The molecular weight excluding hydrogens is 264 g/mol. The Hall–Kier alpha value is -1.34. The zero-order valence-corrected chi connectivity index (χ0v) is 12.5. The summed E-state index contributed by atoms with van der Waals surface area (Å²) in [6, 6.07) is -0.736. The summed E-state index contributed by atoms with van der Waals surface area (Å²) in [6.07, 6.45) is -1.35. The van der Waals surface area contributed by atoms with Crippen molar-refractivity contribution in [2.75, 3.05) is 13.2 Å². The quantitative estimate of drug-likeness (QED) is 0.503. The van der Waals surface area contributed by atoms with E-state index in [-0.39, 0.29) is 17.9 Å². The number of rotatable bonds is 8. The topological polar surface area (TPSA) is 108 Å². The molecule has 0 aliphatic rings. The summed E-state index contributed by atoms with van der Waals surface area (Å²) in [6.45, 7) is 6.58. The zero-order valence-electron chi connectivity index (χ0n) is 12.5. The summed E-state index contributed by atoms with van der Waals surface area (Å²) >= 11 is 0. The average Bonchev–Trinajstić information content (AvgIpc) is 2.33. The first-order chi connectivity index (χ1) is 9.29. The molecule has 0 rings (SSSR count). The third-order valence-corrected chi connectivity index (χ3v) is 2.43. The van der Waals surface area contributed by atoms with E-state index in [1.165, 1.54) is 0 Å². The molecule has 0 aromatic rings. The number of hydrogen-bond donors (Lipinski definition) is 4. The predicted octanol–water partition coefficient (Wildman–Crippen LogP) is 0.00510. The van der Waals surface area contributed by atoms with Crippen LogP contribution in [0, 0.1) is 5.92 Å². The third kappa shape index (κ3) is 7.96. The van der Waals surface area contributed by atoms with E-state index in [9.17, 15) is 9.59 Å². The van der Waals surface area contributed by atoms with Gasteiger partial charge in [-0.3, -0.25) is 4.79 Å². The van der Waals surface area contributed by atoms with Crippen molar-refractivity contribution < 1.29 is 24.5 Å². The Morgan fingerprint density at radius 3 is 2.00 bits per heavy atom. The predicted molar refractivity (Wildman–Crippen MR) is 74.1 cm³/mol. The van der Waals surface area contributed by atoms with Gasteiger partial charge in [0.2, 0.25) is 5.91 Å². The second-order valence-corrected chi connectivity index (χ2v) is 5.38. The molecule has 20 heavy (non-hydrogen) atoms. The van der Waals surface area contributed by atoms with Crippen LogP contribution in [-0.2, 0) is 9.53 Å². The molecule has 1 atom stereocenters. The van der Waals surface area contributed by atoms with Crippen LogP contribution in [0.3, 0.4) is 0 Å². The fourth-order valence-corrected chi connectivity index (χ4v) is 1.55. The highest BCUT2D eigenvalue weighted by Crippen LogP contribution is 2.06. The molecule has 0 aromatic carbocycles. The van der Waals surface area contributed by atoms with Crippen LogP contribution in [0.5, 0.6) is 0 Å². The number of carbonyl (C=O) groups is 2. The molecule has 0 aliphatic heterocycles. The molecule has 0 heterocycles. The van der Waals surface area contributed by atoms with Crippen molar-refractivity contribution >= 4 is 12.0 Å². The molecule has 0 aromatic heterocycles.